The van der Waals surface area contributed by atoms with Crippen LogP contribution in [0.1, 0.15) is 24.0 Å². The van der Waals surface area contributed by atoms with E-state index in [0.29, 0.717) is 0 Å². The lowest BCUT2D eigenvalue weighted by Crippen LogP contribution is -1.96. The highest BCUT2D eigenvalue weighted by molar-refractivity contribution is 5.84. The monoisotopic (exact) mass is 242 g/mol. The van der Waals surface area contributed by atoms with Crippen LogP contribution in [0.25, 0.3) is 16.7 Å². The van der Waals surface area contributed by atoms with E-state index in [2.05, 4.69) is 22.1 Å². The Morgan fingerprint density at radius 1 is 1.17 bits per heavy atom. The van der Waals surface area contributed by atoms with E-state index < -0.39 is 0 Å². The van der Waals surface area contributed by atoms with Gasteiger partial charge in [-0.3, -0.25) is 0 Å². The third kappa shape index (κ3) is 1.17. The summed E-state index contributed by atoms with van der Waals surface area (Å²) < 4.78 is 18.0. The summed E-state index contributed by atoms with van der Waals surface area (Å²) in [4.78, 5) is 0. The van der Waals surface area contributed by atoms with Crippen LogP contribution >= 0.6 is 0 Å². The van der Waals surface area contributed by atoms with E-state index in [1.807, 2.05) is 6.07 Å². The van der Waals surface area contributed by atoms with Gasteiger partial charge in [-0.2, -0.15) is 0 Å². The van der Waals surface area contributed by atoms with Gasteiger partial charge in [0.1, 0.15) is 11.5 Å². The van der Waals surface area contributed by atoms with Gasteiger partial charge in [-0.15, -0.1) is 0 Å². The van der Waals surface area contributed by atoms with E-state index in [0.717, 1.165) is 24.0 Å². The fraction of sp³-hybridized carbons (Fsp3) is 0.333. The summed E-state index contributed by atoms with van der Waals surface area (Å²) in [6.45, 7) is 3.17. The lowest BCUT2D eigenvalue weighted by molar-refractivity contribution is 0.625. The summed E-state index contributed by atoms with van der Waals surface area (Å²) in [6.07, 6.45) is 5.72. The van der Waals surface area contributed by atoms with E-state index in [-0.39, 0.29) is 5.82 Å². The molecule has 92 valence electrons. The molecule has 0 saturated heterocycles. The maximum atomic E-state index is 13.5. The van der Waals surface area contributed by atoms with Gasteiger partial charge in [0.2, 0.25) is 0 Å². The van der Waals surface area contributed by atoms with E-state index in [1.165, 1.54) is 29.6 Å². The molecule has 4 rings (SSSR count). The second-order valence-electron chi connectivity index (χ2n) is 5.23. The summed E-state index contributed by atoms with van der Waals surface area (Å²) >= 11 is 0. The van der Waals surface area contributed by atoms with Gasteiger partial charge in [0, 0.05) is 12.7 Å². The van der Waals surface area contributed by atoms with Gasteiger partial charge in [0.05, 0.1) is 11.0 Å². The van der Waals surface area contributed by atoms with Crippen molar-refractivity contribution in [1.82, 2.24) is 8.97 Å². The molecule has 0 unspecified atom stereocenters. The molecule has 0 aliphatic carbocycles. The normalized spacial score (nSPS) is 15.4. The molecule has 3 heteroatoms. The first-order valence-corrected chi connectivity index (χ1v) is 6.54. The zero-order valence-electron chi connectivity index (χ0n) is 10.4. The van der Waals surface area contributed by atoms with Crippen LogP contribution in [-0.4, -0.2) is 8.97 Å². The number of hydrogen-bond donors (Lipinski definition) is 0. The summed E-state index contributed by atoms with van der Waals surface area (Å²) in [5, 5.41) is 0. The third-order valence-corrected chi connectivity index (χ3v) is 4.10. The van der Waals surface area contributed by atoms with Crippen molar-refractivity contribution in [2.75, 3.05) is 0 Å². The molecule has 3 aromatic rings. The molecule has 2 nitrogen and oxygen atoms in total. The van der Waals surface area contributed by atoms with Gasteiger partial charge in [-0.25, -0.2) is 4.39 Å². The molecular weight excluding hydrogens is 227 g/mol. The molecule has 0 saturated carbocycles. The van der Waals surface area contributed by atoms with Crippen LogP contribution in [0, 0.1) is 12.7 Å². The molecule has 3 heterocycles. The molecule has 2 aromatic heterocycles. The van der Waals surface area contributed by atoms with Crippen LogP contribution < -0.4 is 0 Å². The Hall–Kier alpha value is -1.77. The van der Waals surface area contributed by atoms with Gasteiger partial charge < -0.3 is 8.97 Å². The number of benzene rings is 1. The number of imidazole rings is 1. The van der Waals surface area contributed by atoms with Gasteiger partial charge in [0.25, 0.3) is 0 Å². The van der Waals surface area contributed by atoms with Crippen LogP contribution in [0.15, 0.2) is 24.4 Å². The Kier molecular flexibility index (Phi) is 1.91. The zero-order chi connectivity index (χ0) is 12.3. The van der Waals surface area contributed by atoms with Crippen molar-refractivity contribution in [3.8, 4) is 0 Å². The Bertz CT molecular complexity index is 764. The number of hydrogen-bond acceptors (Lipinski definition) is 0. The van der Waals surface area contributed by atoms with Crippen molar-refractivity contribution in [1.29, 1.82) is 0 Å². The van der Waals surface area contributed by atoms with Gasteiger partial charge in [-0.1, -0.05) is 0 Å². The Morgan fingerprint density at radius 3 is 2.94 bits per heavy atom. The van der Waals surface area contributed by atoms with Crippen LogP contribution in [0.2, 0.25) is 0 Å². The number of nitrogens with zero attached hydrogens (tertiary/aromatic N) is 2. The fourth-order valence-corrected chi connectivity index (χ4v) is 3.27. The van der Waals surface area contributed by atoms with Crippen molar-refractivity contribution in [2.45, 2.75) is 32.7 Å². The van der Waals surface area contributed by atoms with Crippen molar-refractivity contribution in [3.05, 3.63) is 41.3 Å². The summed E-state index contributed by atoms with van der Waals surface area (Å²) in [5.74, 6) is -0.151. The topological polar surface area (TPSA) is 9.34 Å². The zero-order valence-corrected chi connectivity index (χ0v) is 10.4. The molecule has 0 radical (unpaired) electrons. The van der Waals surface area contributed by atoms with Crippen molar-refractivity contribution >= 4 is 16.7 Å². The van der Waals surface area contributed by atoms with Gasteiger partial charge in [-0.05, 0) is 55.5 Å². The second-order valence-corrected chi connectivity index (χ2v) is 5.23. The van der Waals surface area contributed by atoms with E-state index >= 15 is 0 Å². The van der Waals surface area contributed by atoms with Crippen LogP contribution in [-0.2, 0) is 13.0 Å². The highest BCUT2D eigenvalue weighted by atomic mass is 19.1. The second kappa shape index (κ2) is 3.37. The largest absolute Gasteiger partial charge is 0.325 e. The van der Waals surface area contributed by atoms with E-state index in [9.17, 15) is 4.39 Å². The first kappa shape index (κ1) is 10.2. The smallest absolute Gasteiger partial charge is 0.125 e. The van der Waals surface area contributed by atoms with Crippen LogP contribution in [0.3, 0.4) is 0 Å². The Balaban J connectivity index is 2.25. The highest BCUT2D eigenvalue weighted by Crippen LogP contribution is 2.31. The molecule has 0 amide bonds. The standard InChI is InChI=1S/C15H15FN2/c1-10-9-18-13-6-5-11(16)8-14(13)17-7-3-2-4-12(10)15(17)18/h5-6,8-9H,2-4,7H2,1H3. The summed E-state index contributed by atoms with van der Waals surface area (Å²) in [6, 6.07) is 5.10. The van der Waals surface area contributed by atoms with E-state index in [1.54, 1.807) is 12.1 Å². The fourth-order valence-electron chi connectivity index (χ4n) is 3.27. The minimum atomic E-state index is -0.151. The first-order valence-electron chi connectivity index (χ1n) is 6.54. The number of halogens is 1. The molecular formula is C15H15FN2. The molecule has 1 aromatic carbocycles. The maximum Gasteiger partial charge on any atom is 0.125 e. The van der Waals surface area contributed by atoms with Crippen LogP contribution in [0.4, 0.5) is 4.39 Å². The van der Waals surface area contributed by atoms with Crippen molar-refractivity contribution < 1.29 is 4.39 Å². The molecule has 0 atom stereocenters. The average Bonchev–Trinajstić information content (AvgIpc) is 2.70. The summed E-state index contributed by atoms with van der Waals surface area (Å²) in [7, 11) is 0. The number of aromatic nitrogens is 2. The molecule has 0 fully saturated rings. The maximum absolute atomic E-state index is 13.5. The molecule has 18 heavy (non-hydrogen) atoms. The SMILES string of the molecule is Cc1cn2c3ccc(F)cc3n3c2c1CCCC3. The quantitative estimate of drug-likeness (QED) is 0.569. The lowest BCUT2D eigenvalue weighted by Gasteiger charge is -2.02. The predicted octanol–water partition coefficient (Wildman–Crippen LogP) is 3.68. The van der Waals surface area contributed by atoms with Gasteiger partial charge >= 0.3 is 0 Å². The Labute approximate surface area is 105 Å². The highest BCUT2D eigenvalue weighted by Gasteiger charge is 2.19. The minimum Gasteiger partial charge on any atom is -0.325 e. The van der Waals surface area contributed by atoms with Crippen molar-refractivity contribution in [2.24, 2.45) is 0 Å². The van der Waals surface area contributed by atoms with Crippen LogP contribution in [0.5, 0.6) is 0 Å². The number of rotatable bonds is 0. The summed E-state index contributed by atoms with van der Waals surface area (Å²) in [5.41, 5.74) is 6.19. The van der Waals surface area contributed by atoms with E-state index in [4.69, 9.17) is 0 Å². The third-order valence-electron chi connectivity index (χ3n) is 4.10. The first-order chi connectivity index (χ1) is 8.75. The minimum absolute atomic E-state index is 0.151. The molecule has 1 aliphatic rings. The van der Waals surface area contributed by atoms with Crippen molar-refractivity contribution in [3.63, 3.8) is 0 Å². The average molecular weight is 242 g/mol. The van der Waals surface area contributed by atoms with Gasteiger partial charge in [0.15, 0.2) is 0 Å². The molecule has 0 spiro atoms. The predicted molar refractivity (Wildman–Crippen MR) is 70.5 cm³/mol. The molecule has 1 aliphatic heterocycles. The lowest BCUT2D eigenvalue weighted by atomic mass is 10.1. The molecule has 0 N–H and O–H groups in total. The Morgan fingerprint density at radius 2 is 2.06 bits per heavy atom. The molecule has 0 bridgehead atoms. The number of aryl methyl sites for hydroxylation is 3. The number of fused-ring (bicyclic) bond motifs is 3.